The van der Waals surface area contributed by atoms with Gasteiger partial charge < -0.3 is 0 Å². The minimum atomic E-state index is 0.0321. The quantitative estimate of drug-likeness (QED) is 0.547. The summed E-state index contributed by atoms with van der Waals surface area (Å²) in [4.78, 5) is 12.5. The van der Waals surface area contributed by atoms with Crippen molar-refractivity contribution in [3.63, 3.8) is 0 Å². The summed E-state index contributed by atoms with van der Waals surface area (Å²) in [7, 11) is 0. The lowest BCUT2D eigenvalue weighted by Crippen LogP contribution is -2.55. The van der Waals surface area contributed by atoms with Gasteiger partial charge in [0.05, 0.1) is 0 Å². The number of ketones is 1. The number of Topliss-reactive ketones (excluding diaryl/α,β-unsaturated/α-hetero) is 1. The molecule has 0 spiro atoms. The normalized spacial score (nSPS) is 52.8. The highest BCUT2D eigenvalue weighted by molar-refractivity contribution is 5.87. The second-order valence-electron chi connectivity index (χ2n) is 9.86. The highest BCUT2D eigenvalue weighted by Crippen LogP contribution is 2.67. The van der Waals surface area contributed by atoms with Crippen molar-refractivity contribution >= 4 is 5.78 Å². The van der Waals surface area contributed by atoms with Gasteiger partial charge in [-0.1, -0.05) is 39.8 Å². The first-order valence-corrected chi connectivity index (χ1v) is 9.50. The first-order chi connectivity index (χ1) is 10.3. The number of carbonyl (C=O) groups excluding carboxylic acids is 1. The van der Waals surface area contributed by atoms with Gasteiger partial charge in [-0.25, -0.2) is 0 Å². The van der Waals surface area contributed by atoms with Crippen molar-refractivity contribution in [1.82, 2.24) is 0 Å². The lowest BCUT2D eigenvalue weighted by Gasteiger charge is -2.61. The fourth-order valence-electron chi connectivity index (χ4n) is 7.48. The van der Waals surface area contributed by atoms with Gasteiger partial charge in [-0.15, -0.1) is 0 Å². The van der Waals surface area contributed by atoms with Gasteiger partial charge in [-0.3, -0.25) is 4.79 Å². The maximum Gasteiger partial charge on any atom is 0.139 e. The van der Waals surface area contributed by atoms with E-state index in [1.165, 1.54) is 32.1 Å². The highest BCUT2D eigenvalue weighted by atomic mass is 16.1. The number of hydrogen-bond acceptors (Lipinski definition) is 1. The van der Waals surface area contributed by atoms with E-state index in [9.17, 15) is 4.79 Å². The van der Waals surface area contributed by atoms with Gasteiger partial charge >= 0.3 is 0 Å². The summed E-state index contributed by atoms with van der Waals surface area (Å²) in [5.74, 6) is 3.75. The van der Waals surface area contributed by atoms with Crippen LogP contribution in [0.5, 0.6) is 0 Å². The van der Waals surface area contributed by atoms with E-state index in [4.69, 9.17) is 0 Å². The van der Waals surface area contributed by atoms with E-state index < -0.39 is 0 Å². The van der Waals surface area contributed by atoms with E-state index in [1.807, 2.05) is 0 Å². The third-order valence-corrected chi connectivity index (χ3v) is 8.58. The maximum atomic E-state index is 12.5. The topological polar surface area (TPSA) is 17.1 Å². The number of allylic oxidation sites excluding steroid dienone is 2. The average Bonchev–Trinajstić information content (AvgIpc) is 2.74. The minimum absolute atomic E-state index is 0.0321. The first kappa shape index (κ1) is 15.0. The van der Waals surface area contributed by atoms with Crippen molar-refractivity contribution in [3.05, 3.63) is 12.2 Å². The van der Waals surface area contributed by atoms with Crippen LogP contribution in [0.2, 0.25) is 0 Å². The monoisotopic (exact) mass is 300 g/mol. The molecule has 0 aromatic carbocycles. The molecule has 0 aromatic rings. The summed E-state index contributed by atoms with van der Waals surface area (Å²) in [6, 6.07) is 0. The van der Waals surface area contributed by atoms with Crippen molar-refractivity contribution in [2.45, 2.75) is 72.6 Å². The van der Waals surface area contributed by atoms with E-state index in [-0.39, 0.29) is 5.41 Å². The fraction of sp³-hybridized carbons (Fsp3) is 0.857. The predicted octanol–water partition coefficient (Wildman–Crippen LogP) is 5.40. The van der Waals surface area contributed by atoms with Crippen LogP contribution in [0.3, 0.4) is 0 Å². The van der Waals surface area contributed by atoms with Crippen LogP contribution in [0.1, 0.15) is 72.6 Å². The SMILES string of the molecule is CC1(C)C=CC[C@]2(C)[C@H]3CC[C@]4(C)C(=O)CC[C@H]4[C@@H]3CC[C@@H]12. The Balaban J connectivity index is 1.70. The van der Waals surface area contributed by atoms with Gasteiger partial charge in [0.25, 0.3) is 0 Å². The standard InChI is InChI=1S/C21H32O/c1-19(2)11-5-12-20(3)16-10-13-21(4)15(7-9-18(21)22)14(16)6-8-17(19)20/h5,11,14-17H,6-10,12-13H2,1-4H3/t14-,15-,16-,17-,20+,21-/m0/s1. The molecule has 0 N–H and O–H groups in total. The van der Waals surface area contributed by atoms with Crippen molar-refractivity contribution in [3.8, 4) is 0 Å². The van der Waals surface area contributed by atoms with Crippen LogP contribution in [0.15, 0.2) is 12.2 Å². The van der Waals surface area contributed by atoms with Gasteiger partial charge in [-0.2, -0.15) is 0 Å². The molecule has 0 aliphatic heterocycles. The van der Waals surface area contributed by atoms with E-state index in [0.717, 1.165) is 30.6 Å². The van der Waals surface area contributed by atoms with Crippen LogP contribution in [-0.4, -0.2) is 5.78 Å². The Morgan fingerprint density at radius 2 is 1.77 bits per heavy atom. The molecule has 122 valence electrons. The van der Waals surface area contributed by atoms with Crippen LogP contribution in [0.25, 0.3) is 0 Å². The van der Waals surface area contributed by atoms with Crippen molar-refractivity contribution < 1.29 is 4.79 Å². The summed E-state index contributed by atoms with van der Waals surface area (Å²) >= 11 is 0. The molecule has 3 fully saturated rings. The number of hydrogen-bond donors (Lipinski definition) is 0. The summed E-state index contributed by atoms with van der Waals surface area (Å²) in [5, 5.41) is 0. The molecule has 4 aliphatic carbocycles. The van der Waals surface area contributed by atoms with Crippen molar-refractivity contribution in [1.29, 1.82) is 0 Å². The second kappa shape index (κ2) is 4.48. The number of carbonyl (C=O) groups is 1. The molecule has 1 nitrogen and oxygen atoms in total. The summed E-state index contributed by atoms with van der Waals surface area (Å²) in [6.07, 6.45) is 13.4. The molecular weight excluding hydrogens is 268 g/mol. The van der Waals surface area contributed by atoms with Gasteiger partial charge in [0.1, 0.15) is 5.78 Å². The van der Waals surface area contributed by atoms with Crippen LogP contribution in [0.4, 0.5) is 0 Å². The molecule has 0 heterocycles. The lowest BCUT2D eigenvalue weighted by atomic mass is 9.43. The van der Waals surface area contributed by atoms with E-state index in [1.54, 1.807) is 0 Å². The molecule has 0 aromatic heterocycles. The zero-order valence-electron chi connectivity index (χ0n) is 14.8. The molecule has 0 unspecified atom stereocenters. The number of fused-ring (bicyclic) bond motifs is 5. The predicted molar refractivity (Wildman–Crippen MR) is 90.4 cm³/mol. The highest BCUT2D eigenvalue weighted by Gasteiger charge is 2.61. The van der Waals surface area contributed by atoms with Crippen LogP contribution >= 0.6 is 0 Å². The average molecular weight is 300 g/mol. The Labute approximate surface area is 135 Å². The molecule has 4 aliphatic rings. The maximum absolute atomic E-state index is 12.5. The second-order valence-corrected chi connectivity index (χ2v) is 9.86. The van der Waals surface area contributed by atoms with Crippen LogP contribution in [0, 0.1) is 39.9 Å². The lowest BCUT2D eigenvalue weighted by molar-refractivity contribution is -0.140. The molecule has 0 radical (unpaired) electrons. The van der Waals surface area contributed by atoms with Crippen molar-refractivity contribution in [2.24, 2.45) is 39.9 Å². The molecule has 0 bridgehead atoms. The minimum Gasteiger partial charge on any atom is -0.299 e. The smallest absolute Gasteiger partial charge is 0.139 e. The van der Waals surface area contributed by atoms with E-state index in [2.05, 4.69) is 39.8 Å². The molecule has 4 rings (SSSR count). The summed E-state index contributed by atoms with van der Waals surface area (Å²) in [5.41, 5.74) is 0.850. The summed E-state index contributed by atoms with van der Waals surface area (Å²) in [6.45, 7) is 9.76. The molecule has 0 amide bonds. The van der Waals surface area contributed by atoms with Crippen molar-refractivity contribution in [2.75, 3.05) is 0 Å². The summed E-state index contributed by atoms with van der Waals surface area (Å²) < 4.78 is 0. The molecule has 0 saturated heterocycles. The molecule has 3 saturated carbocycles. The number of rotatable bonds is 0. The molecule has 22 heavy (non-hydrogen) atoms. The van der Waals surface area contributed by atoms with Gasteiger partial charge in [0.15, 0.2) is 0 Å². The Morgan fingerprint density at radius 3 is 2.55 bits per heavy atom. The Kier molecular flexibility index (Phi) is 3.05. The largest absolute Gasteiger partial charge is 0.299 e. The Hall–Kier alpha value is -0.590. The van der Waals surface area contributed by atoms with E-state index in [0.29, 0.717) is 22.5 Å². The zero-order chi connectivity index (χ0) is 15.8. The van der Waals surface area contributed by atoms with Crippen LogP contribution in [-0.2, 0) is 4.79 Å². The first-order valence-electron chi connectivity index (χ1n) is 9.50. The zero-order valence-corrected chi connectivity index (χ0v) is 14.8. The van der Waals surface area contributed by atoms with Crippen LogP contribution < -0.4 is 0 Å². The van der Waals surface area contributed by atoms with Gasteiger partial charge in [-0.05, 0) is 73.0 Å². The third kappa shape index (κ3) is 1.74. The Morgan fingerprint density at radius 1 is 1.00 bits per heavy atom. The van der Waals surface area contributed by atoms with Gasteiger partial charge in [0.2, 0.25) is 0 Å². The molecular formula is C21H32O. The fourth-order valence-corrected chi connectivity index (χ4v) is 7.48. The molecule has 1 heteroatoms. The van der Waals surface area contributed by atoms with Gasteiger partial charge in [0, 0.05) is 11.8 Å². The Bertz CT molecular complexity index is 530. The van der Waals surface area contributed by atoms with E-state index >= 15 is 0 Å². The molecule has 6 atom stereocenters. The third-order valence-electron chi connectivity index (χ3n) is 8.58.